The molecule has 2 aliphatic rings. The first-order valence-electron chi connectivity index (χ1n) is 12.5. The molecule has 1 unspecified atom stereocenters. The van der Waals surface area contributed by atoms with E-state index >= 15 is 0 Å². The van der Waals surface area contributed by atoms with Crippen LogP contribution in [0.15, 0.2) is 48.9 Å². The van der Waals surface area contributed by atoms with Crippen molar-refractivity contribution in [3.8, 4) is 5.75 Å². The van der Waals surface area contributed by atoms with Crippen LogP contribution in [0.1, 0.15) is 63.6 Å². The summed E-state index contributed by atoms with van der Waals surface area (Å²) in [5.74, 6) is -0.244. The van der Waals surface area contributed by atoms with Crippen LogP contribution in [-0.2, 0) is 9.53 Å². The van der Waals surface area contributed by atoms with E-state index in [1.54, 1.807) is 42.9 Å². The minimum atomic E-state index is -0.635. The summed E-state index contributed by atoms with van der Waals surface area (Å²) >= 11 is 6.53. The highest BCUT2D eigenvalue weighted by atomic mass is 35.5. The summed E-state index contributed by atoms with van der Waals surface area (Å²) in [5, 5.41) is 18.2. The number of hydrogen-bond donors (Lipinski definition) is 3. The molecule has 1 atom stereocenters. The van der Waals surface area contributed by atoms with Gasteiger partial charge in [-0.3, -0.25) is 14.8 Å². The molecule has 0 aliphatic heterocycles. The second-order valence-corrected chi connectivity index (χ2v) is 11.7. The number of nitrogens with zero attached hydrogens (tertiary/aromatic N) is 2. The van der Waals surface area contributed by atoms with Crippen molar-refractivity contribution in [3.05, 3.63) is 65.1 Å². The number of benzene rings is 1. The van der Waals surface area contributed by atoms with Gasteiger partial charge in [0.15, 0.2) is 0 Å². The molecule has 1 spiro atoms. The summed E-state index contributed by atoms with van der Waals surface area (Å²) in [5.41, 5.74) is 1.14. The fraction of sp³-hybridized carbons (Fsp3) is 0.429. The zero-order chi connectivity index (χ0) is 26.4. The maximum atomic E-state index is 13.3. The van der Waals surface area contributed by atoms with Crippen LogP contribution in [0.5, 0.6) is 5.75 Å². The van der Waals surface area contributed by atoms with Gasteiger partial charge in [-0.2, -0.15) is 0 Å². The normalized spacial score (nSPS) is 23.6. The summed E-state index contributed by atoms with van der Waals surface area (Å²) < 4.78 is 5.34. The van der Waals surface area contributed by atoms with Crippen LogP contribution in [0.4, 0.5) is 4.79 Å². The minimum absolute atomic E-state index is 0.0192. The molecular formula is C28H31ClN4O4. The fourth-order valence-corrected chi connectivity index (χ4v) is 5.91. The Kier molecular flexibility index (Phi) is 6.48. The molecule has 2 saturated carbocycles. The number of hydrogen-bond acceptors (Lipinski definition) is 6. The fourth-order valence-electron chi connectivity index (χ4n) is 5.64. The quantitative estimate of drug-likeness (QED) is 0.420. The van der Waals surface area contributed by atoms with Crippen molar-refractivity contribution in [2.24, 2.45) is 11.3 Å². The monoisotopic (exact) mass is 522 g/mol. The molecule has 2 heterocycles. The van der Waals surface area contributed by atoms with Crippen molar-refractivity contribution in [2.45, 2.75) is 64.1 Å². The second-order valence-electron chi connectivity index (χ2n) is 11.3. The number of ether oxygens (including phenoxy) is 1. The van der Waals surface area contributed by atoms with Crippen molar-refractivity contribution in [1.82, 2.24) is 20.6 Å². The highest BCUT2D eigenvalue weighted by molar-refractivity contribution is 6.35. The molecule has 0 bridgehead atoms. The largest absolute Gasteiger partial charge is 0.505 e. The van der Waals surface area contributed by atoms with Crippen LogP contribution in [0.2, 0.25) is 5.02 Å². The predicted octanol–water partition coefficient (Wildman–Crippen LogP) is 5.28. The maximum Gasteiger partial charge on any atom is 0.407 e. The van der Waals surface area contributed by atoms with Gasteiger partial charge in [-0.15, -0.1) is 0 Å². The van der Waals surface area contributed by atoms with Gasteiger partial charge in [-0.05, 0) is 81.7 Å². The number of carbonyl (C=O) groups excluding carboxylic acids is 2. The predicted molar refractivity (Wildman–Crippen MR) is 140 cm³/mol. The highest BCUT2D eigenvalue weighted by Gasteiger charge is 2.55. The highest BCUT2D eigenvalue weighted by Crippen LogP contribution is 2.59. The standard InChI is InChI=1S/C28H31ClN4O4/c1-27(2,3)37-26(36)32-18-13-28(14-18)11-17(12-28)25(35)33-22(16-6-4-8-30-15-16)20-10-21(29)19-7-5-9-31-23(19)24(20)34/h4-10,15,17-18,22,34H,11-14H2,1-3H3,(H,32,36)(H,33,35). The molecule has 0 saturated heterocycles. The molecule has 2 aliphatic carbocycles. The number of fused-ring (bicyclic) bond motifs is 1. The van der Waals surface area contributed by atoms with Gasteiger partial charge in [-0.1, -0.05) is 17.7 Å². The number of amides is 2. The number of phenols is 1. The summed E-state index contributed by atoms with van der Waals surface area (Å²) in [7, 11) is 0. The smallest absolute Gasteiger partial charge is 0.407 e. The van der Waals surface area contributed by atoms with Crippen molar-refractivity contribution in [2.75, 3.05) is 0 Å². The van der Waals surface area contributed by atoms with Gasteiger partial charge in [0.2, 0.25) is 5.91 Å². The van der Waals surface area contributed by atoms with Crippen molar-refractivity contribution < 1.29 is 19.4 Å². The lowest BCUT2D eigenvalue weighted by molar-refractivity contribution is -0.139. The molecule has 0 radical (unpaired) electrons. The average Bonchev–Trinajstić information content (AvgIpc) is 2.80. The Morgan fingerprint density at radius 2 is 1.89 bits per heavy atom. The molecule has 8 nitrogen and oxygen atoms in total. The summed E-state index contributed by atoms with van der Waals surface area (Å²) in [6.45, 7) is 5.51. The van der Waals surface area contributed by atoms with Crippen LogP contribution in [-0.4, -0.2) is 38.7 Å². The third-order valence-electron chi connectivity index (χ3n) is 7.27. The SMILES string of the molecule is CC(C)(C)OC(=O)NC1CC2(C1)CC(C(=O)NC(c1cccnc1)c1cc(Cl)c3cccnc3c1O)C2. The molecule has 37 heavy (non-hydrogen) atoms. The average molecular weight is 523 g/mol. The number of rotatable bonds is 5. The lowest BCUT2D eigenvalue weighted by atomic mass is 9.50. The summed E-state index contributed by atoms with van der Waals surface area (Å²) in [4.78, 5) is 33.9. The van der Waals surface area contributed by atoms with Crippen molar-refractivity contribution in [1.29, 1.82) is 0 Å². The Labute approximate surface area is 220 Å². The first-order valence-corrected chi connectivity index (χ1v) is 12.9. The molecule has 2 aromatic heterocycles. The number of carbonyl (C=O) groups is 2. The Balaban J connectivity index is 1.27. The van der Waals surface area contributed by atoms with Gasteiger partial charge in [0.05, 0.1) is 11.1 Å². The molecule has 9 heteroatoms. The Morgan fingerprint density at radius 1 is 1.16 bits per heavy atom. The molecule has 2 fully saturated rings. The van der Waals surface area contributed by atoms with E-state index in [4.69, 9.17) is 16.3 Å². The molecule has 3 aromatic rings. The first-order chi connectivity index (χ1) is 17.5. The van der Waals surface area contributed by atoms with E-state index in [-0.39, 0.29) is 29.0 Å². The van der Waals surface area contributed by atoms with Crippen LogP contribution in [0.3, 0.4) is 0 Å². The lowest BCUT2D eigenvalue weighted by Crippen LogP contribution is -2.58. The second kappa shape index (κ2) is 9.49. The number of halogens is 1. The maximum absolute atomic E-state index is 13.3. The van der Waals surface area contributed by atoms with Gasteiger partial charge < -0.3 is 20.5 Å². The van der Waals surface area contributed by atoms with Gasteiger partial charge in [0.25, 0.3) is 0 Å². The first kappa shape index (κ1) is 25.3. The molecular weight excluding hydrogens is 492 g/mol. The molecule has 3 N–H and O–H groups in total. The Hall–Kier alpha value is -3.39. The Bertz CT molecular complexity index is 1330. The van der Waals surface area contributed by atoms with Gasteiger partial charge in [0, 0.05) is 41.5 Å². The van der Waals surface area contributed by atoms with Crippen molar-refractivity contribution in [3.63, 3.8) is 0 Å². The van der Waals surface area contributed by atoms with E-state index in [1.807, 2.05) is 26.8 Å². The van der Waals surface area contributed by atoms with Crippen LogP contribution in [0, 0.1) is 11.3 Å². The van der Waals surface area contributed by atoms with Crippen LogP contribution in [0.25, 0.3) is 10.9 Å². The summed E-state index contributed by atoms with van der Waals surface area (Å²) in [6.07, 6.45) is 7.73. The molecule has 1 aromatic carbocycles. The number of phenolic OH excluding ortho intramolecular Hbond substituents is 1. The molecule has 2 amide bonds. The number of aromatic nitrogens is 2. The minimum Gasteiger partial charge on any atom is -0.505 e. The third-order valence-corrected chi connectivity index (χ3v) is 7.58. The van der Waals surface area contributed by atoms with Crippen LogP contribution >= 0.6 is 11.6 Å². The Morgan fingerprint density at radius 3 is 2.57 bits per heavy atom. The number of aromatic hydroxyl groups is 1. The van der Waals surface area contributed by atoms with Gasteiger partial charge >= 0.3 is 6.09 Å². The van der Waals surface area contributed by atoms with E-state index < -0.39 is 17.7 Å². The lowest BCUT2D eigenvalue weighted by Gasteiger charge is -2.57. The summed E-state index contributed by atoms with van der Waals surface area (Å²) in [6, 6.07) is 8.32. The van der Waals surface area contributed by atoms with E-state index in [9.17, 15) is 14.7 Å². The van der Waals surface area contributed by atoms with Gasteiger partial charge in [-0.25, -0.2) is 4.79 Å². The van der Waals surface area contributed by atoms with E-state index in [2.05, 4.69) is 20.6 Å². The molecule has 5 rings (SSSR count). The van der Waals surface area contributed by atoms with E-state index in [0.717, 1.165) is 31.2 Å². The number of pyridine rings is 2. The van der Waals surface area contributed by atoms with Crippen molar-refractivity contribution >= 4 is 34.5 Å². The van der Waals surface area contributed by atoms with Gasteiger partial charge in [0.1, 0.15) is 16.9 Å². The zero-order valence-corrected chi connectivity index (χ0v) is 21.9. The molecule has 194 valence electrons. The van der Waals surface area contributed by atoms with E-state index in [1.165, 1.54) is 0 Å². The zero-order valence-electron chi connectivity index (χ0n) is 21.1. The number of nitrogens with one attached hydrogen (secondary N) is 2. The third kappa shape index (κ3) is 5.21. The van der Waals surface area contributed by atoms with E-state index in [0.29, 0.717) is 21.5 Å². The topological polar surface area (TPSA) is 113 Å². The van der Waals surface area contributed by atoms with Crippen LogP contribution < -0.4 is 10.6 Å². The number of alkyl carbamates (subject to hydrolysis) is 1.